The lowest BCUT2D eigenvalue weighted by atomic mass is 10.2. The third-order valence-electron chi connectivity index (χ3n) is 4.46. The van der Waals surface area contributed by atoms with Crippen LogP contribution in [0.5, 0.6) is 0 Å². The number of nitrogens with zero attached hydrogens (tertiary/aromatic N) is 1. The SMILES string of the molecule is C[NH+]1CCN(NC(=O)c2ccc(Cl)c(S(=O)(=O)Nc3ccc(Cl)cc3)c2)CC1. The zero-order valence-electron chi connectivity index (χ0n) is 15.2. The number of sulfonamides is 1. The number of hydrazine groups is 1. The first-order valence-electron chi connectivity index (χ1n) is 8.70. The van der Waals surface area contributed by atoms with Crippen molar-refractivity contribution in [1.29, 1.82) is 0 Å². The molecule has 0 spiro atoms. The van der Waals surface area contributed by atoms with Gasteiger partial charge in [0.05, 0.1) is 38.2 Å². The van der Waals surface area contributed by atoms with E-state index in [1.54, 1.807) is 24.3 Å². The van der Waals surface area contributed by atoms with Gasteiger partial charge in [-0.25, -0.2) is 13.4 Å². The van der Waals surface area contributed by atoms with Crippen LogP contribution in [0.25, 0.3) is 0 Å². The Kier molecular flexibility index (Phi) is 6.47. The number of halogens is 2. The van der Waals surface area contributed by atoms with Gasteiger partial charge in [-0.3, -0.25) is 14.9 Å². The third-order valence-corrected chi connectivity index (χ3v) is 6.57. The summed E-state index contributed by atoms with van der Waals surface area (Å²) in [7, 11) is -1.87. The first-order chi connectivity index (χ1) is 13.2. The van der Waals surface area contributed by atoms with E-state index in [4.69, 9.17) is 23.2 Å². The molecule has 0 bridgehead atoms. The van der Waals surface area contributed by atoms with Gasteiger partial charge < -0.3 is 4.90 Å². The van der Waals surface area contributed by atoms with Crippen molar-refractivity contribution < 1.29 is 18.1 Å². The highest BCUT2D eigenvalue weighted by Crippen LogP contribution is 2.25. The molecule has 10 heteroatoms. The summed E-state index contributed by atoms with van der Waals surface area (Å²) in [5.41, 5.74) is 3.38. The molecule has 0 atom stereocenters. The molecule has 1 saturated heterocycles. The standard InChI is InChI=1S/C18H20Cl2N4O3S/c1-23-8-10-24(11-9-23)21-18(25)13-2-7-16(20)17(12-13)28(26,27)22-15-5-3-14(19)4-6-15/h2-7,12,22H,8-11H2,1H3,(H,21,25)/p+1. The molecule has 28 heavy (non-hydrogen) atoms. The van der Waals surface area contributed by atoms with Gasteiger partial charge in [-0.1, -0.05) is 23.2 Å². The number of likely N-dealkylation sites (N-methyl/N-ethyl adjacent to an activating group) is 1. The second kappa shape index (κ2) is 8.67. The van der Waals surface area contributed by atoms with Crippen molar-refractivity contribution in [2.75, 3.05) is 37.9 Å². The second-order valence-electron chi connectivity index (χ2n) is 6.64. The maximum atomic E-state index is 12.7. The number of anilines is 1. The lowest BCUT2D eigenvalue weighted by Crippen LogP contribution is -3.12. The molecule has 0 saturated carbocycles. The largest absolute Gasteiger partial charge is 0.335 e. The quantitative estimate of drug-likeness (QED) is 0.649. The van der Waals surface area contributed by atoms with Crippen LogP contribution in [-0.2, 0) is 10.0 Å². The molecule has 1 aliphatic rings. The Balaban J connectivity index is 1.78. The summed E-state index contributed by atoms with van der Waals surface area (Å²) in [5, 5.41) is 2.36. The van der Waals surface area contributed by atoms with Gasteiger partial charge in [0.25, 0.3) is 15.9 Å². The summed E-state index contributed by atoms with van der Waals surface area (Å²) >= 11 is 11.9. The van der Waals surface area contributed by atoms with Crippen LogP contribution < -0.4 is 15.0 Å². The summed E-state index contributed by atoms with van der Waals surface area (Å²) in [5.74, 6) is -0.376. The summed E-state index contributed by atoms with van der Waals surface area (Å²) in [6.45, 7) is 3.31. The number of carbonyl (C=O) groups is 1. The fourth-order valence-corrected chi connectivity index (χ4v) is 4.50. The molecular weight excluding hydrogens is 423 g/mol. The van der Waals surface area contributed by atoms with Crippen molar-refractivity contribution in [1.82, 2.24) is 10.4 Å². The predicted molar refractivity (Wildman–Crippen MR) is 109 cm³/mol. The molecule has 150 valence electrons. The highest BCUT2D eigenvalue weighted by Gasteiger charge is 2.23. The number of piperazine rings is 1. The molecule has 7 nitrogen and oxygen atoms in total. The van der Waals surface area contributed by atoms with E-state index in [2.05, 4.69) is 17.2 Å². The number of nitrogens with one attached hydrogen (secondary N) is 3. The molecular formula is C18H21Cl2N4O3S+. The van der Waals surface area contributed by atoms with E-state index in [1.807, 2.05) is 5.01 Å². The maximum absolute atomic E-state index is 12.7. The van der Waals surface area contributed by atoms with Crippen molar-refractivity contribution in [3.8, 4) is 0 Å². The zero-order valence-corrected chi connectivity index (χ0v) is 17.5. The van der Waals surface area contributed by atoms with Crippen LogP contribution in [0.1, 0.15) is 10.4 Å². The van der Waals surface area contributed by atoms with E-state index < -0.39 is 10.0 Å². The van der Waals surface area contributed by atoms with Crippen LogP contribution in [0.4, 0.5) is 5.69 Å². The fourth-order valence-electron chi connectivity index (χ4n) is 2.79. The zero-order chi connectivity index (χ0) is 20.3. The van der Waals surface area contributed by atoms with Crippen LogP contribution in [0.2, 0.25) is 10.0 Å². The monoisotopic (exact) mass is 443 g/mol. The molecule has 0 radical (unpaired) electrons. The Morgan fingerprint density at radius 3 is 2.36 bits per heavy atom. The Morgan fingerprint density at radius 1 is 1.07 bits per heavy atom. The fraction of sp³-hybridized carbons (Fsp3) is 0.278. The summed E-state index contributed by atoms with van der Waals surface area (Å²) in [6, 6.07) is 10.4. The van der Waals surface area contributed by atoms with E-state index in [9.17, 15) is 13.2 Å². The van der Waals surface area contributed by atoms with Crippen molar-refractivity contribution in [2.24, 2.45) is 0 Å². The number of carbonyl (C=O) groups excluding carboxylic acids is 1. The van der Waals surface area contributed by atoms with E-state index >= 15 is 0 Å². The van der Waals surface area contributed by atoms with Gasteiger partial charge in [0.2, 0.25) is 0 Å². The van der Waals surface area contributed by atoms with E-state index in [1.165, 1.54) is 23.1 Å². The van der Waals surface area contributed by atoms with Gasteiger partial charge in [0.15, 0.2) is 0 Å². The normalized spacial score (nSPS) is 16.0. The Labute approximate surface area is 174 Å². The van der Waals surface area contributed by atoms with E-state index in [0.29, 0.717) is 10.7 Å². The highest BCUT2D eigenvalue weighted by molar-refractivity contribution is 7.92. The number of hydrogen-bond donors (Lipinski definition) is 3. The topological polar surface area (TPSA) is 83.0 Å². The maximum Gasteiger partial charge on any atom is 0.265 e. The van der Waals surface area contributed by atoms with Gasteiger partial charge in [0.1, 0.15) is 4.90 Å². The van der Waals surface area contributed by atoms with Crippen molar-refractivity contribution in [2.45, 2.75) is 4.90 Å². The lowest BCUT2D eigenvalue weighted by molar-refractivity contribution is -0.884. The first kappa shape index (κ1) is 20.9. The minimum absolute atomic E-state index is 0.0289. The predicted octanol–water partition coefficient (Wildman–Crippen LogP) is 1.27. The van der Waals surface area contributed by atoms with E-state index in [0.717, 1.165) is 26.2 Å². The Bertz CT molecular complexity index is 959. The molecule has 0 unspecified atom stereocenters. The molecule has 3 rings (SSSR count). The molecule has 3 N–H and O–H groups in total. The number of quaternary nitrogens is 1. The van der Waals surface area contributed by atoms with Crippen molar-refractivity contribution in [3.05, 3.63) is 58.1 Å². The molecule has 0 aliphatic carbocycles. The number of amides is 1. The average Bonchev–Trinajstić information content (AvgIpc) is 2.65. The van der Waals surface area contributed by atoms with Crippen molar-refractivity contribution >= 4 is 44.8 Å². The van der Waals surface area contributed by atoms with Crippen LogP contribution in [0.3, 0.4) is 0 Å². The summed E-state index contributed by atoms with van der Waals surface area (Å²) in [6.07, 6.45) is 0. The molecule has 0 aromatic heterocycles. The highest BCUT2D eigenvalue weighted by atomic mass is 35.5. The Morgan fingerprint density at radius 2 is 1.71 bits per heavy atom. The molecule has 2 aromatic carbocycles. The number of rotatable bonds is 5. The molecule has 1 fully saturated rings. The third kappa shape index (κ3) is 5.15. The van der Waals surface area contributed by atoms with E-state index in [-0.39, 0.29) is 21.4 Å². The van der Waals surface area contributed by atoms with Crippen LogP contribution in [0.15, 0.2) is 47.4 Å². The smallest absolute Gasteiger partial charge is 0.265 e. The van der Waals surface area contributed by atoms with Gasteiger partial charge >= 0.3 is 0 Å². The molecule has 1 heterocycles. The van der Waals surface area contributed by atoms with Crippen LogP contribution >= 0.6 is 23.2 Å². The lowest BCUT2D eigenvalue weighted by Gasteiger charge is -2.30. The van der Waals surface area contributed by atoms with Gasteiger partial charge in [-0.05, 0) is 42.5 Å². The minimum atomic E-state index is -3.98. The summed E-state index contributed by atoms with van der Waals surface area (Å²) in [4.78, 5) is 13.8. The van der Waals surface area contributed by atoms with Crippen LogP contribution in [0, 0.1) is 0 Å². The average molecular weight is 444 g/mol. The van der Waals surface area contributed by atoms with Gasteiger partial charge in [-0.2, -0.15) is 0 Å². The van der Waals surface area contributed by atoms with Gasteiger partial charge in [-0.15, -0.1) is 0 Å². The molecule has 1 aliphatic heterocycles. The summed E-state index contributed by atoms with van der Waals surface area (Å²) < 4.78 is 27.9. The molecule has 1 amide bonds. The Hall–Kier alpha value is -1.84. The first-order valence-corrected chi connectivity index (χ1v) is 10.9. The second-order valence-corrected chi connectivity index (χ2v) is 9.14. The molecule has 2 aromatic rings. The van der Waals surface area contributed by atoms with Crippen molar-refractivity contribution in [3.63, 3.8) is 0 Å². The van der Waals surface area contributed by atoms with Gasteiger partial charge in [0, 0.05) is 16.3 Å². The number of benzene rings is 2. The van der Waals surface area contributed by atoms with Crippen LogP contribution in [-0.4, -0.2) is 52.6 Å². The number of hydrogen-bond acceptors (Lipinski definition) is 4. The minimum Gasteiger partial charge on any atom is -0.335 e.